The van der Waals surface area contributed by atoms with Crippen molar-refractivity contribution in [3.05, 3.63) is 64.2 Å². The third-order valence-electron chi connectivity index (χ3n) is 3.80. The molecule has 0 saturated heterocycles. The molecule has 9 heteroatoms. The minimum Gasteiger partial charge on any atom is -0.467 e. The Morgan fingerprint density at radius 3 is 2.33 bits per heavy atom. The van der Waals surface area contributed by atoms with E-state index in [4.69, 9.17) is 14.2 Å². The van der Waals surface area contributed by atoms with Crippen LogP contribution in [0.1, 0.15) is 26.3 Å². The molecule has 30 heavy (non-hydrogen) atoms. The van der Waals surface area contributed by atoms with E-state index in [-0.39, 0.29) is 12.1 Å². The summed E-state index contributed by atoms with van der Waals surface area (Å²) in [7, 11) is 1.24. The number of nitrogens with zero attached hydrogens (tertiary/aromatic N) is 1. The van der Waals surface area contributed by atoms with Crippen molar-refractivity contribution in [1.29, 1.82) is 0 Å². The van der Waals surface area contributed by atoms with Gasteiger partial charge in [-0.05, 0) is 44.5 Å². The van der Waals surface area contributed by atoms with Crippen molar-refractivity contribution in [2.75, 3.05) is 7.11 Å². The number of non-ortho nitro benzene ring substituents is 1. The first-order valence-electron chi connectivity index (χ1n) is 9.16. The maximum atomic E-state index is 12.0. The fourth-order valence-electron chi connectivity index (χ4n) is 2.51. The van der Waals surface area contributed by atoms with Gasteiger partial charge in [0.15, 0.2) is 0 Å². The Labute approximate surface area is 174 Å². The second kappa shape index (κ2) is 9.73. The molecule has 1 atom stereocenters. The van der Waals surface area contributed by atoms with E-state index in [1.54, 1.807) is 51.1 Å². The molecular formula is C21H24N2O7. The van der Waals surface area contributed by atoms with Crippen LogP contribution in [0.3, 0.4) is 0 Å². The Morgan fingerprint density at radius 1 is 1.10 bits per heavy atom. The highest BCUT2D eigenvalue weighted by Crippen LogP contribution is 2.25. The maximum Gasteiger partial charge on any atom is 0.408 e. The Morgan fingerprint density at radius 2 is 1.77 bits per heavy atom. The Hall–Kier alpha value is -3.62. The van der Waals surface area contributed by atoms with Crippen molar-refractivity contribution < 1.29 is 28.7 Å². The number of rotatable bonds is 7. The SMILES string of the molecule is COC(=O)[C@@H](Cc1ccc(Oc2cccc([N+](=O)[O-])c2)cc1)NC(=O)OC(C)(C)C. The molecule has 0 heterocycles. The molecule has 0 fully saturated rings. The van der Waals surface area contributed by atoms with Crippen LogP contribution in [0, 0.1) is 10.1 Å². The molecule has 2 rings (SSSR count). The summed E-state index contributed by atoms with van der Waals surface area (Å²) in [5, 5.41) is 13.4. The van der Waals surface area contributed by atoms with Crippen LogP contribution in [0.2, 0.25) is 0 Å². The first kappa shape index (κ1) is 22.7. The summed E-state index contributed by atoms with van der Waals surface area (Å²) in [6.07, 6.45) is -0.535. The van der Waals surface area contributed by atoms with Crippen molar-refractivity contribution in [3.63, 3.8) is 0 Å². The zero-order chi connectivity index (χ0) is 22.3. The summed E-state index contributed by atoms with van der Waals surface area (Å²) in [6.45, 7) is 5.17. The summed E-state index contributed by atoms with van der Waals surface area (Å²) in [4.78, 5) is 34.4. The average Bonchev–Trinajstić information content (AvgIpc) is 2.67. The molecule has 1 N–H and O–H groups in total. The Kier molecular flexibility index (Phi) is 7.35. The van der Waals surface area contributed by atoms with E-state index in [9.17, 15) is 19.7 Å². The number of nitro benzene ring substituents is 1. The van der Waals surface area contributed by atoms with Gasteiger partial charge < -0.3 is 19.5 Å². The molecule has 0 saturated carbocycles. The number of carbonyl (C=O) groups is 2. The first-order valence-corrected chi connectivity index (χ1v) is 9.16. The van der Waals surface area contributed by atoms with Gasteiger partial charge in [0, 0.05) is 12.5 Å². The molecular weight excluding hydrogens is 392 g/mol. The topological polar surface area (TPSA) is 117 Å². The predicted molar refractivity (Wildman–Crippen MR) is 108 cm³/mol. The lowest BCUT2D eigenvalue weighted by Gasteiger charge is -2.22. The van der Waals surface area contributed by atoms with Crippen molar-refractivity contribution >= 4 is 17.7 Å². The molecule has 2 aromatic carbocycles. The zero-order valence-corrected chi connectivity index (χ0v) is 17.2. The number of methoxy groups -OCH3 is 1. The second-order valence-electron chi connectivity index (χ2n) is 7.43. The second-order valence-corrected chi connectivity index (χ2v) is 7.43. The zero-order valence-electron chi connectivity index (χ0n) is 17.2. The summed E-state index contributed by atoms with van der Waals surface area (Å²) >= 11 is 0. The molecule has 0 aliphatic rings. The number of hydrogen-bond donors (Lipinski definition) is 1. The largest absolute Gasteiger partial charge is 0.467 e. The van der Waals surface area contributed by atoms with Crippen molar-refractivity contribution in [2.45, 2.75) is 38.8 Å². The molecule has 0 spiro atoms. The average molecular weight is 416 g/mol. The minimum atomic E-state index is -0.923. The number of hydrogen-bond acceptors (Lipinski definition) is 7. The van der Waals surface area contributed by atoms with E-state index < -0.39 is 28.6 Å². The lowest BCUT2D eigenvalue weighted by molar-refractivity contribution is -0.384. The molecule has 0 aromatic heterocycles. The predicted octanol–water partition coefficient (Wildman–Crippen LogP) is 4.00. The van der Waals surface area contributed by atoms with E-state index in [1.165, 1.54) is 25.3 Å². The number of amides is 1. The number of nitro groups is 1. The Bertz CT molecular complexity index is 904. The van der Waals surface area contributed by atoms with Gasteiger partial charge in [0.1, 0.15) is 23.1 Å². The highest BCUT2D eigenvalue weighted by molar-refractivity contribution is 5.81. The van der Waals surface area contributed by atoms with Gasteiger partial charge in [-0.3, -0.25) is 10.1 Å². The highest BCUT2D eigenvalue weighted by atomic mass is 16.6. The molecule has 2 aromatic rings. The fraction of sp³-hybridized carbons (Fsp3) is 0.333. The maximum absolute atomic E-state index is 12.0. The molecule has 0 unspecified atom stereocenters. The summed E-state index contributed by atoms with van der Waals surface area (Å²) in [5.41, 5.74) is -0.0258. The number of esters is 1. The minimum absolute atomic E-state index is 0.0711. The molecule has 0 radical (unpaired) electrons. The number of nitrogens with one attached hydrogen (secondary N) is 1. The first-order chi connectivity index (χ1) is 14.1. The Balaban J connectivity index is 2.06. The van der Waals surface area contributed by atoms with Gasteiger partial charge in [0.25, 0.3) is 5.69 Å². The van der Waals surface area contributed by atoms with E-state index >= 15 is 0 Å². The standard InChI is InChI=1S/C21H24N2O7/c1-21(2,3)30-20(25)22-18(19(24)28-4)12-14-8-10-16(11-9-14)29-17-7-5-6-15(13-17)23(26)27/h5-11,13,18H,12H2,1-4H3,(H,22,25)/t18-/m1/s1. The smallest absolute Gasteiger partial charge is 0.408 e. The van der Waals surface area contributed by atoms with Crippen molar-refractivity contribution in [3.8, 4) is 11.5 Å². The van der Waals surface area contributed by atoms with Gasteiger partial charge in [-0.25, -0.2) is 9.59 Å². The fourth-order valence-corrected chi connectivity index (χ4v) is 2.51. The van der Waals surface area contributed by atoms with E-state index in [2.05, 4.69) is 5.32 Å². The summed E-state index contributed by atoms with van der Waals surface area (Å²) < 4.78 is 15.6. The third kappa shape index (κ3) is 7.08. The third-order valence-corrected chi connectivity index (χ3v) is 3.80. The van der Waals surface area contributed by atoms with Crippen LogP contribution in [-0.4, -0.2) is 35.7 Å². The van der Waals surface area contributed by atoms with E-state index in [0.29, 0.717) is 11.5 Å². The van der Waals surface area contributed by atoms with Crippen LogP contribution in [0.5, 0.6) is 11.5 Å². The normalized spacial score (nSPS) is 11.9. The lowest BCUT2D eigenvalue weighted by Crippen LogP contribution is -2.45. The van der Waals surface area contributed by atoms with Gasteiger partial charge >= 0.3 is 12.1 Å². The van der Waals surface area contributed by atoms with Crippen LogP contribution in [0.25, 0.3) is 0 Å². The highest BCUT2D eigenvalue weighted by Gasteiger charge is 2.25. The van der Waals surface area contributed by atoms with Crippen molar-refractivity contribution in [1.82, 2.24) is 5.32 Å². The van der Waals surface area contributed by atoms with Crippen LogP contribution in [-0.2, 0) is 20.7 Å². The van der Waals surface area contributed by atoms with Gasteiger partial charge in [0.05, 0.1) is 18.1 Å². The molecule has 0 bridgehead atoms. The molecule has 1 amide bonds. The quantitative estimate of drug-likeness (QED) is 0.412. The van der Waals surface area contributed by atoms with Crippen LogP contribution < -0.4 is 10.1 Å². The van der Waals surface area contributed by atoms with Crippen LogP contribution in [0.4, 0.5) is 10.5 Å². The molecule has 160 valence electrons. The van der Waals surface area contributed by atoms with Gasteiger partial charge in [-0.2, -0.15) is 0 Å². The monoisotopic (exact) mass is 416 g/mol. The van der Waals surface area contributed by atoms with Crippen molar-refractivity contribution in [2.24, 2.45) is 0 Å². The lowest BCUT2D eigenvalue weighted by atomic mass is 10.1. The number of carbonyl (C=O) groups excluding carboxylic acids is 2. The van der Waals surface area contributed by atoms with Gasteiger partial charge in [-0.15, -0.1) is 0 Å². The van der Waals surface area contributed by atoms with E-state index in [0.717, 1.165) is 5.56 Å². The van der Waals surface area contributed by atoms with Crippen LogP contribution >= 0.6 is 0 Å². The number of benzene rings is 2. The molecule has 0 aliphatic heterocycles. The number of alkyl carbamates (subject to hydrolysis) is 1. The van der Waals surface area contributed by atoms with Gasteiger partial charge in [-0.1, -0.05) is 18.2 Å². The number of ether oxygens (including phenoxy) is 3. The summed E-state index contributed by atoms with van der Waals surface area (Å²) in [6, 6.07) is 11.7. The van der Waals surface area contributed by atoms with Gasteiger partial charge in [0.2, 0.25) is 0 Å². The van der Waals surface area contributed by atoms with E-state index in [1.807, 2.05) is 0 Å². The summed E-state index contributed by atoms with van der Waals surface area (Å²) in [5.74, 6) is 0.197. The van der Waals surface area contributed by atoms with Crippen LogP contribution in [0.15, 0.2) is 48.5 Å². The molecule has 0 aliphatic carbocycles. The molecule has 9 nitrogen and oxygen atoms in total.